The number of ether oxygens (including phenoxy) is 3. The van der Waals surface area contributed by atoms with Gasteiger partial charge in [-0.25, -0.2) is 4.99 Å². The van der Waals surface area contributed by atoms with Gasteiger partial charge in [0.15, 0.2) is 5.96 Å². The molecule has 0 unspecified atom stereocenters. The lowest BCUT2D eigenvalue weighted by Gasteiger charge is -2.14. The third-order valence-corrected chi connectivity index (χ3v) is 3.71. The summed E-state index contributed by atoms with van der Waals surface area (Å²) in [5.74, 6) is 1.26. The van der Waals surface area contributed by atoms with Gasteiger partial charge >= 0.3 is 0 Å². The van der Waals surface area contributed by atoms with Gasteiger partial charge in [-0.05, 0) is 32.4 Å². The Morgan fingerprint density at radius 2 is 1.90 bits per heavy atom. The number of nitrogens with zero attached hydrogens (tertiary/aromatic N) is 1. The number of amides is 1. The quantitative estimate of drug-likeness (QED) is 0.159. The maximum absolute atomic E-state index is 11.8. The molecule has 3 N–H and O–H groups in total. The zero-order valence-corrected chi connectivity index (χ0v) is 20.2. The first-order valence-electron chi connectivity index (χ1n) is 9.68. The van der Waals surface area contributed by atoms with E-state index in [1.807, 2.05) is 39.0 Å². The van der Waals surface area contributed by atoms with Crippen LogP contribution in [0.3, 0.4) is 0 Å². The molecule has 0 saturated heterocycles. The molecule has 166 valence electrons. The molecule has 0 radical (unpaired) electrons. The van der Waals surface area contributed by atoms with Crippen LogP contribution in [0.15, 0.2) is 23.2 Å². The van der Waals surface area contributed by atoms with Crippen molar-refractivity contribution in [2.24, 2.45) is 4.99 Å². The molecule has 0 saturated carbocycles. The molecular formula is C20H35IN4O4. The van der Waals surface area contributed by atoms with Crippen LogP contribution >= 0.6 is 24.0 Å². The lowest BCUT2D eigenvalue weighted by Crippen LogP contribution is -2.43. The molecule has 1 aromatic rings. The fourth-order valence-corrected chi connectivity index (χ4v) is 2.31. The Hall–Kier alpha value is -1.59. The Bertz CT molecular complexity index is 614. The van der Waals surface area contributed by atoms with E-state index in [1.165, 1.54) is 0 Å². The number of hydrogen-bond donors (Lipinski definition) is 3. The minimum absolute atomic E-state index is 0. The summed E-state index contributed by atoms with van der Waals surface area (Å²) < 4.78 is 16.1. The van der Waals surface area contributed by atoms with Crippen molar-refractivity contribution in [3.8, 4) is 5.75 Å². The Morgan fingerprint density at radius 3 is 2.59 bits per heavy atom. The van der Waals surface area contributed by atoms with Crippen molar-refractivity contribution in [1.29, 1.82) is 0 Å². The molecule has 1 aromatic carbocycles. The van der Waals surface area contributed by atoms with Crippen molar-refractivity contribution >= 4 is 35.8 Å². The molecule has 0 atom stereocenters. The summed E-state index contributed by atoms with van der Waals surface area (Å²) in [4.78, 5) is 16.4. The van der Waals surface area contributed by atoms with Crippen LogP contribution in [0, 0.1) is 6.92 Å². The smallest absolute Gasteiger partial charge is 0.239 e. The van der Waals surface area contributed by atoms with E-state index in [4.69, 9.17) is 14.2 Å². The van der Waals surface area contributed by atoms with Crippen molar-refractivity contribution in [1.82, 2.24) is 16.0 Å². The van der Waals surface area contributed by atoms with Crippen molar-refractivity contribution in [3.05, 3.63) is 29.3 Å². The second kappa shape index (κ2) is 17.3. The van der Waals surface area contributed by atoms with Crippen molar-refractivity contribution in [2.75, 3.05) is 53.2 Å². The highest BCUT2D eigenvalue weighted by Gasteiger charge is 2.07. The number of halogens is 1. The maximum Gasteiger partial charge on any atom is 0.239 e. The summed E-state index contributed by atoms with van der Waals surface area (Å²) in [6, 6.07) is 6.04. The monoisotopic (exact) mass is 522 g/mol. The van der Waals surface area contributed by atoms with Gasteiger partial charge in [-0.15, -0.1) is 24.0 Å². The van der Waals surface area contributed by atoms with Gasteiger partial charge in [0.1, 0.15) is 12.4 Å². The molecule has 8 nitrogen and oxygen atoms in total. The van der Waals surface area contributed by atoms with E-state index < -0.39 is 0 Å². The van der Waals surface area contributed by atoms with E-state index in [0.717, 1.165) is 16.9 Å². The van der Waals surface area contributed by atoms with E-state index >= 15 is 0 Å². The second-order valence-corrected chi connectivity index (χ2v) is 6.05. The number of aliphatic imine (C=N–C) groups is 1. The van der Waals surface area contributed by atoms with E-state index in [2.05, 4.69) is 20.9 Å². The molecule has 0 aromatic heterocycles. The minimum Gasteiger partial charge on any atom is -0.491 e. The van der Waals surface area contributed by atoms with Crippen LogP contribution in [0.2, 0.25) is 0 Å². The van der Waals surface area contributed by atoms with Gasteiger partial charge in [0, 0.05) is 32.4 Å². The predicted octanol–water partition coefficient (Wildman–Crippen LogP) is 1.85. The number of methoxy groups -OCH3 is 1. The topological polar surface area (TPSA) is 93.2 Å². The van der Waals surface area contributed by atoms with E-state index in [9.17, 15) is 4.79 Å². The number of benzene rings is 1. The van der Waals surface area contributed by atoms with Gasteiger partial charge in [-0.3, -0.25) is 4.79 Å². The number of rotatable bonds is 13. The zero-order chi connectivity index (χ0) is 20.6. The van der Waals surface area contributed by atoms with E-state index in [-0.39, 0.29) is 36.4 Å². The molecule has 0 bridgehead atoms. The third-order valence-electron chi connectivity index (χ3n) is 3.71. The molecule has 0 heterocycles. The average molecular weight is 522 g/mol. The number of guanidine groups is 1. The normalized spacial score (nSPS) is 10.8. The number of aryl methyl sites for hydroxylation is 1. The summed E-state index contributed by atoms with van der Waals surface area (Å²) in [7, 11) is 1.60. The standard InChI is InChI=1S/C20H34N4O4.HI/c1-5-21-20(24-15-19(25)22-9-10-26-4)23-14-17-8-7-16(3)13-18(17)28-12-11-27-6-2;/h7-8,13H,5-6,9-12,14-15H2,1-4H3,(H,22,25)(H2,21,23,24);1H. The van der Waals surface area contributed by atoms with Gasteiger partial charge in [0.05, 0.1) is 26.3 Å². The average Bonchev–Trinajstić information content (AvgIpc) is 2.68. The highest BCUT2D eigenvalue weighted by atomic mass is 127. The molecule has 0 aliphatic carbocycles. The first kappa shape index (κ1) is 27.4. The Kier molecular flexibility index (Phi) is 16.3. The fourth-order valence-electron chi connectivity index (χ4n) is 2.31. The van der Waals surface area contributed by atoms with Gasteiger partial charge in [0.25, 0.3) is 0 Å². The number of carbonyl (C=O) groups excluding carboxylic acids is 1. The lowest BCUT2D eigenvalue weighted by molar-refractivity contribution is -0.120. The molecule has 1 rings (SSSR count). The lowest BCUT2D eigenvalue weighted by atomic mass is 10.1. The van der Waals surface area contributed by atoms with E-state index in [0.29, 0.717) is 52.0 Å². The van der Waals surface area contributed by atoms with Gasteiger partial charge in [-0.1, -0.05) is 12.1 Å². The van der Waals surface area contributed by atoms with Crippen molar-refractivity contribution < 1.29 is 19.0 Å². The summed E-state index contributed by atoms with van der Waals surface area (Å²) >= 11 is 0. The molecule has 0 fully saturated rings. The van der Waals surface area contributed by atoms with E-state index in [1.54, 1.807) is 7.11 Å². The molecular weight excluding hydrogens is 487 g/mol. The third kappa shape index (κ3) is 12.6. The Morgan fingerprint density at radius 1 is 1.10 bits per heavy atom. The van der Waals surface area contributed by atoms with Crippen LogP contribution in [0.25, 0.3) is 0 Å². The molecule has 0 spiro atoms. The van der Waals surface area contributed by atoms with Crippen molar-refractivity contribution in [2.45, 2.75) is 27.3 Å². The molecule has 0 aliphatic rings. The van der Waals surface area contributed by atoms with Gasteiger partial charge in [0.2, 0.25) is 5.91 Å². The SMILES string of the molecule is CCNC(=NCc1ccc(C)cc1OCCOCC)NCC(=O)NCCOC.I. The van der Waals surface area contributed by atoms with Crippen LogP contribution in [-0.4, -0.2) is 65.0 Å². The fraction of sp³-hybridized carbons (Fsp3) is 0.600. The van der Waals surface area contributed by atoms with Crippen molar-refractivity contribution in [3.63, 3.8) is 0 Å². The highest BCUT2D eigenvalue weighted by Crippen LogP contribution is 2.21. The maximum atomic E-state index is 11.8. The first-order chi connectivity index (χ1) is 13.6. The second-order valence-electron chi connectivity index (χ2n) is 6.05. The molecule has 9 heteroatoms. The predicted molar refractivity (Wildman–Crippen MR) is 126 cm³/mol. The zero-order valence-electron chi connectivity index (χ0n) is 17.9. The largest absolute Gasteiger partial charge is 0.491 e. The highest BCUT2D eigenvalue weighted by molar-refractivity contribution is 14.0. The van der Waals surface area contributed by atoms with Crippen LogP contribution in [0.1, 0.15) is 25.0 Å². The van der Waals surface area contributed by atoms with Crippen LogP contribution in [0.5, 0.6) is 5.75 Å². The van der Waals surface area contributed by atoms with Crippen LogP contribution in [-0.2, 0) is 20.8 Å². The number of hydrogen-bond acceptors (Lipinski definition) is 5. The molecule has 1 amide bonds. The summed E-state index contributed by atoms with van der Waals surface area (Å²) in [6.07, 6.45) is 0. The molecule has 0 aliphatic heterocycles. The van der Waals surface area contributed by atoms with Crippen LogP contribution < -0.4 is 20.7 Å². The molecule has 29 heavy (non-hydrogen) atoms. The summed E-state index contributed by atoms with van der Waals surface area (Å²) in [5, 5.41) is 8.94. The van der Waals surface area contributed by atoms with Crippen LogP contribution in [0.4, 0.5) is 0 Å². The summed E-state index contributed by atoms with van der Waals surface area (Å²) in [5.41, 5.74) is 2.10. The van der Waals surface area contributed by atoms with Gasteiger partial charge in [-0.2, -0.15) is 0 Å². The first-order valence-corrected chi connectivity index (χ1v) is 9.68. The Labute approximate surface area is 191 Å². The Balaban J connectivity index is 0.00000784. The minimum atomic E-state index is -0.113. The number of nitrogens with one attached hydrogen (secondary N) is 3. The van der Waals surface area contributed by atoms with Gasteiger partial charge < -0.3 is 30.2 Å². The number of carbonyl (C=O) groups is 1. The summed E-state index contributed by atoms with van der Waals surface area (Å²) in [6.45, 7) is 9.92.